The lowest BCUT2D eigenvalue weighted by atomic mass is 9.77. The third-order valence-electron chi connectivity index (χ3n) is 4.59. The summed E-state index contributed by atoms with van der Waals surface area (Å²) in [5.74, 6) is 0.803. The van der Waals surface area contributed by atoms with Crippen LogP contribution in [0, 0.1) is 5.92 Å². The quantitative estimate of drug-likeness (QED) is 0.581. The molecular formula is C18H14Cl3N. The van der Waals surface area contributed by atoms with Crippen molar-refractivity contribution in [2.45, 2.75) is 18.4 Å². The molecule has 0 aromatic heterocycles. The highest BCUT2D eigenvalue weighted by Crippen LogP contribution is 2.52. The van der Waals surface area contributed by atoms with Crippen molar-refractivity contribution in [3.05, 3.63) is 74.7 Å². The van der Waals surface area contributed by atoms with Crippen LogP contribution in [-0.4, -0.2) is 0 Å². The van der Waals surface area contributed by atoms with Crippen molar-refractivity contribution in [3.8, 4) is 0 Å². The zero-order valence-electron chi connectivity index (χ0n) is 11.7. The molecule has 3 atom stereocenters. The first-order valence-corrected chi connectivity index (χ1v) is 8.44. The molecule has 2 aromatic carbocycles. The second-order valence-corrected chi connectivity index (χ2v) is 7.16. The van der Waals surface area contributed by atoms with E-state index in [2.05, 4.69) is 23.5 Å². The van der Waals surface area contributed by atoms with Crippen LogP contribution in [0.25, 0.3) is 0 Å². The summed E-state index contributed by atoms with van der Waals surface area (Å²) in [6.07, 6.45) is 5.56. The number of allylic oxidation sites excluding steroid dienone is 2. The summed E-state index contributed by atoms with van der Waals surface area (Å²) in [6, 6.07) is 12.1. The first kappa shape index (κ1) is 14.4. The van der Waals surface area contributed by atoms with Crippen molar-refractivity contribution in [1.29, 1.82) is 0 Å². The molecule has 4 rings (SSSR count). The number of halogens is 3. The number of anilines is 1. The molecule has 0 fully saturated rings. The van der Waals surface area contributed by atoms with Gasteiger partial charge in [-0.2, -0.15) is 0 Å². The molecule has 2 aromatic rings. The Morgan fingerprint density at radius 2 is 1.86 bits per heavy atom. The maximum Gasteiger partial charge on any atom is 0.0655 e. The summed E-state index contributed by atoms with van der Waals surface area (Å²) in [4.78, 5) is 0. The van der Waals surface area contributed by atoms with Crippen LogP contribution < -0.4 is 5.32 Å². The number of hydrogen-bond acceptors (Lipinski definition) is 1. The molecular weight excluding hydrogens is 337 g/mol. The van der Waals surface area contributed by atoms with Gasteiger partial charge in [-0.15, -0.1) is 0 Å². The lowest BCUT2D eigenvalue weighted by Crippen LogP contribution is -2.29. The fraction of sp³-hybridized carbons (Fsp3) is 0.222. The van der Waals surface area contributed by atoms with Gasteiger partial charge < -0.3 is 5.32 Å². The van der Waals surface area contributed by atoms with E-state index in [1.54, 1.807) is 6.07 Å². The normalized spacial score (nSPS) is 25.5. The molecule has 112 valence electrons. The minimum absolute atomic E-state index is 0.199. The van der Waals surface area contributed by atoms with Crippen molar-refractivity contribution < 1.29 is 0 Å². The summed E-state index contributed by atoms with van der Waals surface area (Å²) in [6.45, 7) is 0. The van der Waals surface area contributed by atoms with Gasteiger partial charge in [-0.3, -0.25) is 0 Å². The third kappa shape index (κ3) is 2.32. The highest BCUT2D eigenvalue weighted by atomic mass is 35.5. The van der Waals surface area contributed by atoms with E-state index in [0.717, 1.165) is 17.1 Å². The van der Waals surface area contributed by atoms with Gasteiger partial charge in [-0.25, -0.2) is 0 Å². The average molecular weight is 351 g/mol. The van der Waals surface area contributed by atoms with Crippen LogP contribution in [-0.2, 0) is 0 Å². The third-order valence-corrected chi connectivity index (χ3v) is 5.34. The van der Waals surface area contributed by atoms with Gasteiger partial charge in [-0.1, -0.05) is 59.1 Å². The van der Waals surface area contributed by atoms with Crippen molar-refractivity contribution in [3.63, 3.8) is 0 Å². The minimum atomic E-state index is 0.199. The molecule has 1 aliphatic carbocycles. The fourth-order valence-electron chi connectivity index (χ4n) is 3.65. The molecule has 4 heteroatoms. The molecule has 1 nitrogen and oxygen atoms in total. The molecule has 1 heterocycles. The monoisotopic (exact) mass is 349 g/mol. The first-order valence-electron chi connectivity index (χ1n) is 7.31. The van der Waals surface area contributed by atoms with Crippen LogP contribution in [0.1, 0.15) is 29.5 Å². The van der Waals surface area contributed by atoms with E-state index in [-0.39, 0.29) is 6.04 Å². The van der Waals surface area contributed by atoms with Crippen molar-refractivity contribution >= 4 is 40.5 Å². The van der Waals surface area contributed by atoms with Gasteiger partial charge in [-0.05, 0) is 47.7 Å². The second kappa shape index (κ2) is 5.49. The standard InChI is InChI=1S/C18H14Cl3N/c19-11-4-1-3-10(7-11)17-14-6-2-5-13(14)15-8-12(20)9-16(21)18(15)22-17/h1-5,7-9,13-14,17,22H,6H2. The molecule has 0 spiro atoms. The highest BCUT2D eigenvalue weighted by molar-refractivity contribution is 6.36. The zero-order valence-corrected chi connectivity index (χ0v) is 14.0. The predicted molar refractivity (Wildman–Crippen MR) is 94.3 cm³/mol. The molecule has 22 heavy (non-hydrogen) atoms. The van der Waals surface area contributed by atoms with Gasteiger partial charge in [0.15, 0.2) is 0 Å². The number of fused-ring (bicyclic) bond motifs is 3. The van der Waals surface area contributed by atoms with Crippen molar-refractivity contribution in [2.24, 2.45) is 5.92 Å². The molecule has 0 amide bonds. The van der Waals surface area contributed by atoms with Gasteiger partial charge in [0.25, 0.3) is 0 Å². The Morgan fingerprint density at radius 3 is 2.68 bits per heavy atom. The zero-order chi connectivity index (χ0) is 15.3. The maximum atomic E-state index is 6.42. The summed E-state index contributed by atoms with van der Waals surface area (Å²) < 4.78 is 0. The van der Waals surface area contributed by atoms with Gasteiger partial charge in [0.1, 0.15) is 0 Å². The van der Waals surface area contributed by atoms with Gasteiger partial charge in [0.05, 0.1) is 16.8 Å². The van der Waals surface area contributed by atoms with Crippen LogP contribution in [0.3, 0.4) is 0 Å². The molecule has 0 bridgehead atoms. The molecule has 1 aliphatic heterocycles. The summed E-state index contributed by atoms with van der Waals surface area (Å²) in [5, 5.41) is 5.74. The topological polar surface area (TPSA) is 12.0 Å². The number of hydrogen-bond donors (Lipinski definition) is 1. The number of rotatable bonds is 1. The predicted octanol–water partition coefficient (Wildman–Crippen LogP) is 6.47. The van der Waals surface area contributed by atoms with Gasteiger partial charge >= 0.3 is 0 Å². The van der Waals surface area contributed by atoms with E-state index in [9.17, 15) is 0 Å². The van der Waals surface area contributed by atoms with Crippen molar-refractivity contribution in [2.75, 3.05) is 5.32 Å². The lowest BCUT2D eigenvalue weighted by molar-refractivity contribution is 0.425. The largest absolute Gasteiger partial charge is 0.376 e. The Morgan fingerprint density at radius 1 is 1.00 bits per heavy atom. The van der Waals surface area contributed by atoms with E-state index in [4.69, 9.17) is 34.8 Å². The number of nitrogens with one attached hydrogen (secondary N) is 1. The smallest absolute Gasteiger partial charge is 0.0655 e. The van der Waals surface area contributed by atoms with Gasteiger partial charge in [0, 0.05) is 16.0 Å². The minimum Gasteiger partial charge on any atom is -0.376 e. The fourth-order valence-corrected chi connectivity index (χ4v) is 4.41. The molecule has 0 saturated carbocycles. The highest BCUT2D eigenvalue weighted by Gasteiger charge is 2.38. The Balaban J connectivity index is 1.84. The molecule has 1 N–H and O–H groups in total. The van der Waals surface area contributed by atoms with Crippen molar-refractivity contribution in [1.82, 2.24) is 0 Å². The van der Waals surface area contributed by atoms with E-state index >= 15 is 0 Å². The summed E-state index contributed by atoms with van der Waals surface area (Å²) in [7, 11) is 0. The van der Waals surface area contributed by atoms with E-state index in [1.807, 2.05) is 24.3 Å². The van der Waals surface area contributed by atoms with Gasteiger partial charge in [0.2, 0.25) is 0 Å². The number of benzene rings is 2. The Kier molecular flexibility index (Phi) is 3.60. The van der Waals surface area contributed by atoms with Crippen LogP contribution in [0.5, 0.6) is 0 Å². The second-order valence-electron chi connectivity index (χ2n) is 5.88. The van der Waals surface area contributed by atoms with E-state index in [1.165, 1.54) is 11.1 Å². The van der Waals surface area contributed by atoms with E-state index in [0.29, 0.717) is 21.9 Å². The Hall–Kier alpha value is -1.15. The van der Waals surface area contributed by atoms with Crippen LogP contribution in [0.4, 0.5) is 5.69 Å². The van der Waals surface area contributed by atoms with Crippen LogP contribution in [0.15, 0.2) is 48.6 Å². The Labute approximate surface area is 144 Å². The Bertz CT molecular complexity index is 769. The first-order chi connectivity index (χ1) is 10.6. The van der Waals surface area contributed by atoms with Crippen LogP contribution >= 0.6 is 34.8 Å². The lowest BCUT2D eigenvalue weighted by Gasteiger charge is -2.38. The summed E-state index contributed by atoms with van der Waals surface area (Å²) in [5.41, 5.74) is 3.38. The molecule has 3 unspecified atom stereocenters. The average Bonchev–Trinajstić information content (AvgIpc) is 2.96. The maximum absolute atomic E-state index is 6.42. The molecule has 2 aliphatic rings. The molecule has 0 radical (unpaired) electrons. The van der Waals surface area contributed by atoms with Crippen LogP contribution in [0.2, 0.25) is 15.1 Å². The molecule has 0 saturated heterocycles. The summed E-state index contributed by atoms with van der Waals surface area (Å²) >= 11 is 18.8. The van der Waals surface area contributed by atoms with E-state index < -0.39 is 0 Å². The SMILES string of the molecule is Clc1cccc(C2Nc3c(Cl)cc(Cl)cc3C3C=CCC32)c1.